The summed E-state index contributed by atoms with van der Waals surface area (Å²) in [7, 11) is 1.58. The first kappa shape index (κ1) is 29.1. The van der Waals surface area contributed by atoms with Gasteiger partial charge in [0, 0.05) is 57.4 Å². The first-order valence-electron chi connectivity index (χ1n) is 15.0. The number of piperidine rings is 1. The van der Waals surface area contributed by atoms with Crippen LogP contribution in [-0.4, -0.2) is 73.6 Å². The number of methoxy groups -OCH3 is 1. The number of thiazole rings is 1. The number of carboxylic acids is 1. The quantitative estimate of drug-likeness (QED) is 0.358. The van der Waals surface area contributed by atoms with Gasteiger partial charge in [0.1, 0.15) is 12.4 Å². The molecule has 2 saturated heterocycles. The van der Waals surface area contributed by atoms with Crippen LogP contribution >= 0.6 is 11.3 Å². The lowest BCUT2D eigenvalue weighted by molar-refractivity contribution is -0.147. The lowest BCUT2D eigenvalue weighted by atomic mass is 9.91. The van der Waals surface area contributed by atoms with E-state index < -0.39 is 11.9 Å². The number of aromatic nitrogens is 1. The second-order valence-corrected chi connectivity index (χ2v) is 12.8. The molecule has 3 aliphatic heterocycles. The topological polar surface area (TPSA) is 84.4 Å². The molecule has 224 valence electrons. The van der Waals surface area contributed by atoms with Gasteiger partial charge in [0.05, 0.1) is 24.3 Å². The number of hydrogen-bond donors (Lipinski definition) is 1. The minimum Gasteiger partial charge on any atom is -0.488 e. The molecule has 1 N–H and O–H groups in total. The number of fused-ring (bicyclic) bond motifs is 1. The highest BCUT2D eigenvalue weighted by atomic mass is 32.1. The van der Waals surface area contributed by atoms with E-state index in [9.17, 15) is 9.90 Å². The standard InChI is InChI=1S/C33H41N3O5S/c1-21-4-7-30(28(14-21)29-20-42-33(34-29)36-12-9-27(32(37)38)31(17-36)39-3)41-19-25-6-5-24-16-35(11-8-26(24)22(25)2)15-23-10-13-40-18-23/h4-7,14,20,23,27,31H,8-13,15-19H2,1-3H3,(H,37,38)/t23-,27-,31+/m1/s1. The molecule has 8 nitrogen and oxygen atoms in total. The van der Waals surface area contributed by atoms with Crippen LogP contribution in [-0.2, 0) is 33.8 Å². The van der Waals surface area contributed by atoms with Gasteiger partial charge in [0.2, 0.25) is 0 Å². The highest BCUT2D eigenvalue weighted by Gasteiger charge is 2.35. The third kappa shape index (κ3) is 6.20. The number of benzene rings is 2. The molecule has 9 heteroatoms. The molecule has 2 aromatic carbocycles. The van der Waals surface area contributed by atoms with E-state index in [0.717, 1.165) is 67.0 Å². The number of ether oxygens (including phenoxy) is 3. The Hall–Kier alpha value is -2.98. The summed E-state index contributed by atoms with van der Waals surface area (Å²) >= 11 is 1.58. The molecule has 1 aromatic heterocycles. The summed E-state index contributed by atoms with van der Waals surface area (Å²) in [6.45, 7) is 11.0. The van der Waals surface area contributed by atoms with E-state index in [1.54, 1.807) is 18.4 Å². The molecule has 0 spiro atoms. The molecule has 0 amide bonds. The molecule has 42 heavy (non-hydrogen) atoms. The van der Waals surface area contributed by atoms with Crippen LogP contribution in [0.15, 0.2) is 35.7 Å². The van der Waals surface area contributed by atoms with Gasteiger partial charge >= 0.3 is 5.97 Å². The summed E-state index contributed by atoms with van der Waals surface area (Å²) in [5, 5.41) is 12.5. The van der Waals surface area contributed by atoms with Gasteiger partial charge in [-0.25, -0.2) is 4.98 Å². The normalized spacial score (nSPS) is 22.7. The summed E-state index contributed by atoms with van der Waals surface area (Å²) in [5.41, 5.74) is 8.48. The fourth-order valence-corrected chi connectivity index (χ4v) is 7.48. The molecule has 3 atom stereocenters. The third-order valence-corrected chi connectivity index (χ3v) is 10.1. The SMILES string of the molecule is CO[C@H]1CN(c2nc(-c3cc(C)ccc3OCc3ccc4c(c3C)CCN(C[C@H]3CCOC3)C4)cs2)CC[C@H]1C(=O)O. The van der Waals surface area contributed by atoms with Crippen molar-refractivity contribution in [2.75, 3.05) is 51.4 Å². The van der Waals surface area contributed by atoms with Crippen LogP contribution in [0.4, 0.5) is 5.13 Å². The van der Waals surface area contributed by atoms with Gasteiger partial charge in [0.15, 0.2) is 5.13 Å². The average molecular weight is 592 g/mol. The summed E-state index contributed by atoms with van der Waals surface area (Å²) in [6, 6.07) is 10.8. The van der Waals surface area contributed by atoms with Crippen LogP contribution in [0.5, 0.6) is 5.75 Å². The van der Waals surface area contributed by atoms with E-state index in [1.807, 2.05) is 6.07 Å². The zero-order valence-corrected chi connectivity index (χ0v) is 25.6. The lowest BCUT2D eigenvalue weighted by Crippen LogP contribution is -2.47. The Morgan fingerprint density at radius 1 is 1.19 bits per heavy atom. The van der Waals surface area contributed by atoms with E-state index in [4.69, 9.17) is 19.2 Å². The van der Waals surface area contributed by atoms with Crippen molar-refractivity contribution in [1.29, 1.82) is 0 Å². The first-order chi connectivity index (χ1) is 20.4. The van der Waals surface area contributed by atoms with Gasteiger partial charge in [-0.15, -0.1) is 11.3 Å². The summed E-state index contributed by atoms with van der Waals surface area (Å²) in [5.74, 6) is 0.206. The molecule has 0 radical (unpaired) electrons. The van der Waals surface area contributed by atoms with Crippen LogP contribution in [0, 0.1) is 25.7 Å². The van der Waals surface area contributed by atoms with Crippen molar-refractivity contribution in [3.63, 3.8) is 0 Å². The van der Waals surface area contributed by atoms with Crippen molar-refractivity contribution in [3.05, 3.63) is 63.5 Å². The molecule has 0 unspecified atom stereocenters. The van der Waals surface area contributed by atoms with Crippen LogP contribution in [0.3, 0.4) is 0 Å². The van der Waals surface area contributed by atoms with Crippen LogP contribution < -0.4 is 9.64 Å². The summed E-state index contributed by atoms with van der Waals surface area (Å²) in [6.07, 6.45) is 2.44. The fraction of sp³-hybridized carbons (Fsp3) is 0.515. The molecular formula is C33H41N3O5S. The van der Waals surface area contributed by atoms with Crippen molar-refractivity contribution in [1.82, 2.24) is 9.88 Å². The zero-order valence-electron chi connectivity index (χ0n) is 24.8. The molecular weight excluding hydrogens is 550 g/mol. The molecule has 0 bridgehead atoms. The maximum absolute atomic E-state index is 11.6. The van der Waals surface area contributed by atoms with Crippen molar-refractivity contribution >= 4 is 22.4 Å². The minimum atomic E-state index is -0.797. The first-order valence-corrected chi connectivity index (χ1v) is 15.9. The predicted octanol–water partition coefficient (Wildman–Crippen LogP) is 5.33. The smallest absolute Gasteiger partial charge is 0.309 e. The van der Waals surface area contributed by atoms with E-state index in [2.05, 4.69) is 53.3 Å². The molecule has 0 aliphatic carbocycles. The fourth-order valence-electron chi connectivity index (χ4n) is 6.62. The average Bonchev–Trinajstić information content (AvgIpc) is 3.70. The third-order valence-electron chi connectivity index (χ3n) is 9.16. The number of carboxylic acid groups (broad SMARTS) is 1. The lowest BCUT2D eigenvalue weighted by Gasteiger charge is -2.35. The minimum absolute atomic E-state index is 0.355. The Morgan fingerprint density at radius 3 is 2.86 bits per heavy atom. The molecule has 4 heterocycles. The van der Waals surface area contributed by atoms with Crippen molar-refractivity contribution in [2.45, 2.75) is 52.4 Å². The van der Waals surface area contributed by atoms with E-state index in [1.165, 1.54) is 28.7 Å². The Balaban J connectivity index is 1.14. The van der Waals surface area contributed by atoms with Crippen LogP contribution in [0.1, 0.15) is 40.7 Å². The van der Waals surface area contributed by atoms with E-state index in [0.29, 0.717) is 32.0 Å². The van der Waals surface area contributed by atoms with Crippen LogP contribution in [0.2, 0.25) is 0 Å². The van der Waals surface area contributed by atoms with Gasteiger partial charge in [-0.1, -0.05) is 23.8 Å². The monoisotopic (exact) mass is 591 g/mol. The van der Waals surface area contributed by atoms with Gasteiger partial charge in [-0.3, -0.25) is 9.69 Å². The van der Waals surface area contributed by atoms with Gasteiger partial charge < -0.3 is 24.2 Å². The molecule has 6 rings (SSSR count). The second-order valence-electron chi connectivity index (χ2n) is 12.0. The van der Waals surface area contributed by atoms with E-state index in [-0.39, 0.29) is 6.10 Å². The van der Waals surface area contributed by atoms with Gasteiger partial charge in [0.25, 0.3) is 0 Å². The number of rotatable bonds is 9. The largest absolute Gasteiger partial charge is 0.488 e. The molecule has 2 fully saturated rings. The maximum atomic E-state index is 11.6. The number of nitrogens with zero attached hydrogens (tertiary/aromatic N) is 3. The highest BCUT2D eigenvalue weighted by molar-refractivity contribution is 7.14. The maximum Gasteiger partial charge on any atom is 0.309 e. The summed E-state index contributed by atoms with van der Waals surface area (Å²) < 4.78 is 17.6. The Kier molecular flexibility index (Phi) is 8.81. The molecule has 3 aromatic rings. The van der Waals surface area contributed by atoms with Crippen molar-refractivity contribution in [2.24, 2.45) is 11.8 Å². The number of aryl methyl sites for hydroxylation is 1. The predicted molar refractivity (Wildman–Crippen MR) is 164 cm³/mol. The Morgan fingerprint density at radius 2 is 2.07 bits per heavy atom. The zero-order chi connectivity index (χ0) is 29.2. The van der Waals surface area contributed by atoms with E-state index >= 15 is 0 Å². The summed E-state index contributed by atoms with van der Waals surface area (Å²) in [4.78, 5) is 21.3. The van der Waals surface area contributed by atoms with Crippen molar-refractivity contribution < 1.29 is 24.1 Å². The number of aliphatic carboxylic acids is 1. The van der Waals surface area contributed by atoms with Crippen LogP contribution in [0.25, 0.3) is 11.3 Å². The number of hydrogen-bond acceptors (Lipinski definition) is 8. The Labute approximate surface area is 252 Å². The van der Waals surface area contributed by atoms with Crippen molar-refractivity contribution in [3.8, 4) is 17.0 Å². The van der Waals surface area contributed by atoms with Gasteiger partial charge in [-0.05, 0) is 73.4 Å². The molecule has 0 saturated carbocycles. The number of carbonyl (C=O) groups is 1. The Bertz CT molecular complexity index is 1420. The highest BCUT2D eigenvalue weighted by Crippen LogP contribution is 2.36. The molecule has 3 aliphatic rings. The number of anilines is 1. The second kappa shape index (κ2) is 12.7. The van der Waals surface area contributed by atoms with Gasteiger partial charge in [-0.2, -0.15) is 0 Å².